The van der Waals surface area contributed by atoms with Crippen molar-refractivity contribution in [2.75, 3.05) is 18.9 Å². The summed E-state index contributed by atoms with van der Waals surface area (Å²) in [6.07, 6.45) is 10.7. The summed E-state index contributed by atoms with van der Waals surface area (Å²) >= 11 is 1.39. The van der Waals surface area contributed by atoms with Crippen molar-refractivity contribution in [1.29, 1.82) is 0 Å². The van der Waals surface area contributed by atoms with Crippen molar-refractivity contribution in [1.82, 2.24) is 19.4 Å². The molecule has 9 heteroatoms. The Morgan fingerprint density at radius 3 is 2.59 bits per heavy atom. The zero-order valence-corrected chi connectivity index (χ0v) is 20.0. The molecule has 2 aliphatic carbocycles. The summed E-state index contributed by atoms with van der Waals surface area (Å²) in [4.78, 5) is 9.45. The number of rotatable bonds is 9. The van der Waals surface area contributed by atoms with Crippen LogP contribution in [0.4, 0.5) is 5.13 Å². The molecular weight excluding hydrogens is 422 g/mol. The first-order valence-electron chi connectivity index (χ1n) is 11.8. The fourth-order valence-corrected chi connectivity index (χ4v) is 4.86. The van der Waals surface area contributed by atoms with Gasteiger partial charge in [0.25, 0.3) is 0 Å². The van der Waals surface area contributed by atoms with Gasteiger partial charge in [-0.3, -0.25) is 0 Å². The van der Waals surface area contributed by atoms with Crippen molar-refractivity contribution in [3.05, 3.63) is 35.0 Å². The van der Waals surface area contributed by atoms with Crippen LogP contribution in [0.3, 0.4) is 0 Å². The van der Waals surface area contributed by atoms with Gasteiger partial charge in [0.1, 0.15) is 11.6 Å². The summed E-state index contributed by atoms with van der Waals surface area (Å²) in [6.45, 7) is 2.54. The van der Waals surface area contributed by atoms with Gasteiger partial charge in [-0.25, -0.2) is 15.8 Å². The van der Waals surface area contributed by atoms with E-state index in [9.17, 15) is 0 Å². The molecule has 0 aliphatic heterocycles. The summed E-state index contributed by atoms with van der Waals surface area (Å²) in [5, 5.41) is 5.65. The number of nitrogens with one attached hydrogen (secondary N) is 1. The van der Waals surface area contributed by atoms with E-state index < -0.39 is 0 Å². The molecule has 2 aromatic rings. The molecule has 0 saturated heterocycles. The minimum Gasteiger partial charge on any atom is -0.489 e. The third-order valence-corrected chi connectivity index (χ3v) is 7.13. The third-order valence-electron chi connectivity index (χ3n) is 6.44. The average molecular weight is 458 g/mol. The van der Waals surface area contributed by atoms with Crippen molar-refractivity contribution < 1.29 is 4.74 Å². The fraction of sp³-hybridized carbons (Fsp3) is 0.609. The molecule has 32 heavy (non-hydrogen) atoms. The van der Waals surface area contributed by atoms with Gasteiger partial charge in [-0.1, -0.05) is 19.8 Å². The molecule has 2 fully saturated rings. The lowest BCUT2D eigenvalue weighted by Crippen LogP contribution is -2.32. The van der Waals surface area contributed by atoms with E-state index in [1.165, 1.54) is 55.1 Å². The standard InChI is InChI=1S/C23H35N7OS/c1-3-17-20(31-16-10-5-4-6-11-16)13-12-18(27-17)21(24)19(30(2)25)14-26-23-28-22(29-32-23)15-8-7-9-15/h12-13,15-16H,3-11,14,24-25H2,1-2H3,(H,26,28,29)/b21-19-. The van der Waals surface area contributed by atoms with Crippen LogP contribution in [0.2, 0.25) is 0 Å². The van der Waals surface area contributed by atoms with Crippen molar-refractivity contribution in [3.63, 3.8) is 0 Å². The molecule has 0 radical (unpaired) electrons. The molecule has 2 heterocycles. The average Bonchev–Trinajstić information content (AvgIpc) is 3.21. The molecule has 0 atom stereocenters. The molecule has 8 nitrogen and oxygen atoms in total. The van der Waals surface area contributed by atoms with E-state index in [4.69, 9.17) is 21.3 Å². The Labute approximate surface area is 194 Å². The molecule has 2 aromatic heterocycles. The maximum atomic E-state index is 6.53. The van der Waals surface area contributed by atoms with Gasteiger partial charge in [0, 0.05) is 24.5 Å². The largest absolute Gasteiger partial charge is 0.489 e. The number of ether oxygens (including phenoxy) is 1. The normalized spacial score (nSPS) is 18.1. The maximum Gasteiger partial charge on any atom is 0.202 e. The fourth-order valence-electron chi connectivity index (χ4n) is 4.22. The van der Waals surface area contributed by atoms with Gasteiger partial charge in [-0.2, -0.15) is 4.37 Å². The van der Waals surface area contributed by atoms with Crippen LogP contribution < -0.4 is 21.6 Å². The monoisotopic (exact) mass is 457 g/mol. The van der Waals surface area contributed by atoms with Gasteiger partial charge in [-0.05, 0) is 57.1 Å². The maximum absolute atomic E-state index is 6.53. The zero-order chi connectivity index (χ0) is 22.5. The van der Waals surface area contributed by atoms with E-state index in [1.807, 2.05) is 12.1 Å². The molecule has 4 rings (SSSR count). The van der Waals surface area contributed by atoms with E-state index in [1.54, 1.807) is 7.05 Å². The first kappa shape index (κ1) is 22.8. The van der Waals surface area contributed by atoms with E-state index >= 15 is 0 Å². The van der Waals surface area contributed by atoms with E-state index in [0.29, 0.717) is 30.0 Å². The number of aromatic nitrogens is 3. The summed E-state index contributed by atoms with van der Waals surface area (Å²) in [7, 11) is 1.78. The van der Waals surface area contributed by atoms with Gasteiger partial charge >= 0.3 is 0 Å². The smallest absolute Gasteiger partial charge is 0.202 e. The molecule has 2 saturated carbocycles. The highest BCUT2D eigenvalue weighted by Crippen LogP contribution is 2.35. The lowest BCUT2D eigenvalue weighted by Gasteiger charge is -2.24. The first-order chi connectivity index (χ1) is 15.5. The second-order valence-corrected chi connectivity index (χ2v) is 9.53. The molecule has 2 aliphatic rings. The second kappa shape index (κ2) is 10.5. The Morgan fingerprint density at radius 2 is 1.94 bits per heavy atom. The molecule has 174 valence electrons. The quantitative estimate of drug-likeness (QED) is 0.382. The molecule has 0 spiro atoms. The van der Waals surface area contributed by atoms with Crippen LogP contribution in [-0.4, -0.2) is 39.0 Å². The van der Waals surface area contributed by atoms with Crippen molar-refractivity contribution in [3.8, 4) is 5.75 Å². The number of hydrogen-bond donors (Lipinski definition) is 3. The molecule has 5 N–H and O–H groups in total. The lowest BCUT2D eigenvalue weighted by atomic mass is 9.85. The second-order valence-electron chi connectivity index (χ2n) is 8.78. The molecule has 0 amide bonds. The topological polar surface area (TPSA) is 115 Å². The number of anilines is 1. The number of hydrazine groups is 1. The predicted octanol–water partition coefficient (Wildman–Crippen LogP) is 4.02. The van der Waals surface area contributed by atoms with Crippen LogP contribution in [0, 0.1) is 0 Å². The Morgan fingerprint density at radius 1 is 1.16 bits per heavy atom. The number of aryl methyl sites for hydroxylation is 1. The van der Waals surface area contributed by atoms with Gasteiger partial charge in [0.15, 0.2) is 0 Å². The van der Waals surface area contributed by atoms with Gasteiger partial charge in [-0.15, -0.1) is 0 Å². The van der Waals surface area contributed by atoms with Crippen LogP contribution in [0.15, 0.2) is 17.8 Å². The predicted molar refractivity (Wildman–Crippen MR) is 129 cm³/mol. The lowest BCUT2D eigenvalue weighted by molar-refractivity contribution is 0.153. The minimum absolute atomic E-state index is 0.293. The van der Waals surface area contributed by atoms with E-state index in [0.717, 1.165) is 47.4 Å². The molecular formula is C23H35N7OS. The highest BCUT2D eigenvalue weighted by molar-refractivity contribution is 7.09. The van der Waals surface area contributed by atoms with Gasteiger partial charge in [0.2, 0.25) is 5.13 Å². The Hall–Kier alpha value is -2.39. The SMILES string of the molecule is CCc1nc(/C(N)=C(\CNc2nc(C3CCC3)ns2)N(C)N)ccc1OC1CCCCC1. The molecule has 0 aromatic carbocycles. The Bertz CT molecular complexity index is 932. The van der Waals surface area contributed by atoms with E-state index in [-0.39, 0.29) is 0 Å². The van der Waals surface area contributed by atoms with Crippen LogP contribution in [-0.2, 0) is 6.42 Å². The van der Waals surface area contributed by atoms with Gasteiger partial charge < -0.3 is 20.8 Å². The summed E-state index contributed by atoms with van der Waals surface area (Å²) in [5.74, 6) is 8.46. The highest BCUT2D eigenvalue weighted by atomic mass is 32.1. The number of pyridine rings is 1. The number of nitrogens with zero attached hydrogens (tertiary/aromatic N) is 4. The highest BCUT2D eigenvalue weighted by Gasteiger charge is 2.24. The third kappa shape index (κ3) is 5.32. The number of nitrogens with two attached hydrogens (primary N) is 2. The summed E-state index contributed by atoms with van der Waals surface area (Å²) < 4.78 is 10.8. The van der Waals surface area contributed by atoms with Crippen molar-refractivity contribution in [2.24, 2.45) is 11.6 Å². The number of likely N-dealkylation sites (N-methyl/N-ethyl adjacent to an activating group) is 1. The Kier molecular flexibility index (Phi) is 7.47. The summed E-state index contributed by atoms with van der Waals surface area (Å²) in [6, 6.07) is 3.93. The van der Waals surface area contributed by atoms with Crippen molar-refractivity contribution in [2.45, 2.75) is 76.7 Å². The minimum atomic E-state index is 0.293. The van der Waals surface area contributed by atoms with Crippen LogP contribution in [0.5, 0.6) is 5.75 Å². The number of hydrogen-bond acceptors (Lipinski definition) is 9. The van der Waals surface area contributed by atoms with E-state index in [2.05, 4.69) is 21.6 Å². The van der Waals surface area contributed by atoms with Crippen LogP contribution in [0.25, 0.3) is 5.70 Å². The molecule has 0 unspecified atom stereocenters. The van der Waals surface area contributed by atoms with Crippen LogP contribution in [0.1, 0.15) is 81.4 Å². The Balaban J connectivity index is 1.48. The van der Waals surface area contributed by atoms with Crippen molar-refractivity contribution >= 4 is 22.4 Å². The zero-order valence-electron chi connectivity index (χ0n) is 19.1. The van der Waals surface area contributed by atoms with Gasteiger partial charge in [0.05, 0.1) is 35.4 Å². The van der Waals surface area contributed by atoms with Crippen LogP contribution >= 0.6 is 11.5 Å². The first-order valence-corrected chi connectivity index (χ1v) is 12.5. The summed E-state index contributed by atoms with van der Waals surface area (Å²) in [5.41, 5.74) is 9.46. The molecule has 0 bridgehead atoms.